The quantitative estimate of drug-likeness (QED) is 0.798. The molecule has 1 heterocycles. The van der Waals surface area contributed by atoms with Crippen LogP contribution in [0.1, 0.15) is 32.9 Å². The van der Waals surface area contributed by atoms with Gasteiger partial charge in [0.1, 0.15) is 11.8 Å². The number of rotatable bonds is 4. The van der Waals surface area contributed by atoms with Crippen LogP contribution in [0.3, 0.4) is 0 Å². The molecule has 0 saturated carbocycles. The van der Waals surface area contributed by atoms with E-state index < -0.39 is 0 Å². The standard InChI is InChI=1S/C15H15N3O2/c1-10-14(9-19)11(2)18(17-10)8-12-4-5-15(20-3)13(6-12)7-16/h4-6,9H,8H2,1-3H3. The predicted octanol–water partition coefficient (Wildman–Crippen LogP) is 2.24. The Kier molecular flexibility index (Phi) is 3.85. The van der Waals surface area contributed by atoms with Crippen LogP contribution in [0.25, 0.3) is 0 Å². The van der Waals surface area contributed by atoms with Crippen molar-refractivity contribution in [2.45, 2.75) is 20.4 Å². The monoisotopic (exact) mass is 269 g/mol. The molecular weight excluding hydrogens is 254 g/mol. The maximum absolute atomic E-state index is 11.0. The lowest BCUT2D eigenvalue weighted by Crippen LogP contribution is -2.05. The molecule has 0 saturated heterocycles. The number of aromatic nitrogens is 2. The molecule has 0 unspecified atom stereocenters. The Balaban J connectivity index is 2.36. The highest BCUT2D eigenvalue weighted by Gasteiger charge is 2.11. The van der Waals surface area contributed by atoms with E-state index in [1.807, 2.05) is 19.9 Å². The van der Waals surface area contributed by atoms with Gasteiger partial charge in [-0.15, -0.1) is 0 Å². The third-order valence-corrected chi connectivity index (χ3v) is 3.27. The van der Waals surface area contributed by atoms with Crippen molar-refractivity contribution in [2.75, 3.05) is 7.11 Å². The number of carbonyl (C=O) groups excluding carboxylic acids is 1. The largest absolute Gasteiger partial charge is 0.495 e. The van der Waals surface area contributed by atoms with E-state index in [0.717, 1.165) is 17.5 Å². The molecule has 2 rings (SSSR count). The second kappa shape index (κ2) is 5.57. The molecule has 0 atom stereocenters. The molecule has 0 radical (unpaired) electrons. The molecule has 1 aromatic carbocycles. The highest BCUT2D eigenvalue weighted by atomic mass is 16.5. The van der Waals surface area contributed by atoms with Gasteiger partial charge in [-0.25, -0.2) is 0 Å². The first-order valence-corrected chi connectivity index (χ1v) is 6.17. The van der Waals surface area contributed by atoms with Gasteiger partial charge in [0, 0.05) is 5.69 Å². The van der Waals surface area contributed by atoms with Crippen LogP contribution in [0.5, 0.6) is 5.75 Å². The summed E-state index contributed by atoms with van der Waals surface area (Å²) >= 11 is 0. The van der Waals surface area contributed by atoms with Gasteiger partial charge in [-0.05, 0) is 31.5 Å². The van der Waals surface area contributed by atoms with Crippen molar-refractivity contribution >= 4 is 6.29 Å². The lowest BCUT2D eigenvalue weighted by molar-refractivity contribution is 0.112. The molecule has 0 aliphatic rings. The second-order valence-corrected chi connectivity index (χ2v) is 4.51. The van der Waals surface area contributed by atoms with Gasteiger partial charge in [0.05, 0.1) is 30.5 Å². The molecule has 2 aromatic rings. The van der Waals surface area contributed by atoms with Crippen LogP contribution in [0.15, 0.2) is 18.2 Å². The number of nitriles is 1. The average molecular weight is 269 g/mol. The first-order valence-electron chi connectivity index (χ1n) is 6.17. The SMILES string of the molecule is COc1ccc(Cn2nc(C)c(C=O)c2C)cc1C#N. The summed E-state index contributed by atoms with van der Waals surface area (Å²) < 4.78 is 6.88. The molecule has 20 heavy (non-hydrogen) atoms. The second-order valence-electron chi connectivity index (χ2n) is 4.51. The molecule has 0 aliphatic heterocycles. The molecule has 1 aromatic heterocycles. The Bertz CT molecular complexity index is 696. The van der Waals surface area contributed by atoms with Gasteiger partial charge in [0.25, 0.3) is 0 Å². The molecule has 102 valence electrons. The zero-order valence-electron chi connectivity index (χ0n) is 11.7. The topological polar surface area (TPSA) is 67.9 Å². The number of nitrogens with zero attached hydrogens (tertiary/aromatic N) is 3. The van der Waals surface area contributed by atoms with E-state index in [-0.39, 0.29) is 0 Å². The molecule has 5 heteroatoms. The predicted molar refractivity (Wildman–Crippen MR) is 73.9 cm³/mol. The molecule has 0 N–H and O–H groups in total. The fourth-order valence-electron chi connectivity index (χ4n) is 2.15. The van der Waals surface area contributed by atoms with Gasteiger partial charge in [-0.1, -0.05) is 6.07 Å². The number of benzene rings is 1. The zero-order valence-corrected chi connectivity index (χ0v) is 11.7. The Labute approximate surface area is 117 Å². The number of carbonyl (C=O) groups is 1. The third kappa shape index (κ3) is 2.41. The van der Waals surface area contributed by atoms with E-state index in [2.05, 4.69) is 11.2 Å². The van der Waals surface area contributed by atoms with Crippen LogP contribution in [-0.2, 0) is 6.54 Å². The van der Waals surface area contributed by atoms with Gasteiger partial charge in [-0.2, -0.15) is 10.4 Å². The Morgan fingerprint density at radius 1 is 1.45 bits per heavy atom. The summed E-state index contributed by atoms with van der Waals surface area (Å²) in [7, 11) is 1.53. The molecular formula is C15H15N3O2. The van der Waals surface area contributed by atoms with Gasteiger partial charge in [0.2, 0.25) is 0 Å². The summed E-state index contributed by atoms with van der Waals surface area (Å²) in [6, 6.07) is 7.53. The number of hydrogen-bond donors (Lipinski definition) is 0. The van der Waals surface area contributed by atoms with Gasteiger partial charge in [-0.3, -0.25) is 9.48 Å². The van der Waals surface area contributed by atoms with Crippen LogP contribution in [0.4, 0.5) is 0 Å². The highest BCUT2D eigenvalue weighted by molar-refractivity contribution is 5.78. The fourth-order valence-corrected chi connectivity index (χ4v) is 2.15. The summed E-state index contributed by atoms with van der Waals surface area (Å²) in [4.78, 5) is 11.0. The first-order chi connectivity index (χ1) is 9.60. The van der Waals surface area contributed by atoms with Gasteiger partial charge >= 0.3 is 0 Å². The fraction of sp³-hybridized carbons (Fsp3) is 0.267. The van der Waals surface area contributed by atoms with Gasteiger partial charge in [0.15, 0.2) is 6.29 Å². The minimum Gasteiger partial charge on any atom is -0.495 e. The van der Waals surface area contributed by atoms with Crippen molar-refractivity contribution in [3.63, 3.8) is 0 Å². The highest BCUT2D eigenvalue weighted by Crippen LogP contribution is 2.20. The van der Waals surface area contributed by atoms with Gasteiger partial charge < -0.3 is 4.74 Å². The molecule has 0 spiro atoms. The molecule has 0 amide bonds. The number of methoxy groups -OCH3 is 1. The summed E-state index contributed by atoms with van der Waals surface area (Å²) in [6.07, 6.45) is 0.822. The van der Waals surface area contributed by atoms with E-state index in [1.54, 1.807) is 16.8 Å². The van der Waals surface area contributed by atoms with E-state index >= 15 is 0 Å². The minimum atomic E-state index is 0.488. The van der Waals surface area contributed by atoms with E-state index in [4.69, 9.17) is 10.00 Å². The molecule has 5 nitrogen and oxygen atoms in total. The third-order valence-electron chi connectivity index (χ3n) is 3.27. The lowest BCUT2D eigenvalue weighted by Gasteiger charge is -2.07. The number of ether oxygens (including phenoxy) is 1. The summed E-state index contributed by atoms with van der Waals surface area (Å²) in [5.41, 5.74) is 3.59. The van der Waals surface area contributed by atoms with E-state index in [1.165, 1.54) is 7.11 Å². The maximum Gasteiger partial charge on any atom is 0.153 e. The minimum absolute atomic E-state index is 0.488. The first kappa shape index (κ1) is 13.8. The van der Waals surface area contributed by atoms with Crippen molar-refractivity contribution in [1.82, 2.24) is 9.78 Å². The van der Waals surface area contributed by atoms with Crippen molar-refractivity contribution in [1.29, 1.82) is 5.26 Å². The number of aldehydes is 1. The van der Waals surface area contributed by atoms with Crippen molar-refractivity contribution in [3.8, 4) is 11.8 Å². The Hall–Kier alpha value is -2.61. The summed E-state index contributed by atoms with van der Waals surface area (Å²) in [5.74, 6) is 0.554. The van der Waals surface area contributed by atoms with Crippen molar-refractivity contribution in [3.05, 3.63) is 46.3 Å². The number of aryl methyl sites for hydroxylation is 1. The smallest absolute Gasteiger partial charge is 0.153 e. The molecule has 0 bridgehead atoms. The van der Waals surface area contributed by atoms with E-state index in [0.29, 0.717) is 29.1 Å². The van der Waals surface area contributed by atoms with Crippen LogP contribution in [0, 0.1) is 25.2 Å². The molecule has 0 aliphatic carbocycles. The van der Waals surface area contributed by atoms with Crippen LogP contribution < -0.4 is 4.74 Å². The maximum atomic E-state index is 11.0. The van der Waals surface area contributed by atoms with Crippen LogP contribution in [-0.4, -0.2) is 23.2 Å². The molecule has 0 fully saturated rings. The summed E-state index contributed by atoms with van der Waals surface area (Å²) in [5, 5.41) is 13.4. The lowest BCUT2D eigenvalue weighted by atomic mass is 10.1. The Morgan fingerprint density at radius 3 is 2.75 bits per heavy atom. The van der Waals surface area contributed by atoms with Crippen molar-refractivity contribution < 1.29 is 9.53 Å². The Morgan fingerprint density at radius 2 is 2.20 bits per heavy atom. The van der Waals surface area contributed by atoms with Crippen molar-refractivity contribution in [2.24, 2.45) is 0 Å². The van der Waals surface area contributed by atoms with Crippen LogP contribution in [0.2, 0.25) is 0 Å². The van der Waals surface area contributed by atoms with Crippen LogP contribution >= 0.6 is 0 Å². The summed E-state index contributed by atoms with van der Waals surface area (Å²) in [6.45, 7) is 4.18. The zero-order chi connectivity index (χ0) is 14.7. The number of hydrogen-bond acceptors (Lipinski definition) is 4. The normalized spacial score (nSPS) is 10.1. The van der Waals surface area contributed by atoms with E-state index in [9.17, 15) is 4.79 Å². The average Bonchev–Trinajstić information content (AvgIpc) is 2.72.